The molecule has 0 aromatic heterocycles. The number of rotatable bonds is 5. The van der Waals surface area contributed by atoms with Crippen molar-refractivity contribution in [3.63, 3.8) is 0 Å². The molecule has 0 aliphatic rings. The highest BCUT2D eigenvalue weighted by atomic mass is 31.2. The van der Waals surface area contributed by atoms with Gasteiger partial charge in [0.2, 0.25) is 0 Å². The zero-order valence-electron chi connectivity index (χ0n) is 5.39. The summed E-state index contributed by atoms with van der Waals surface area (Å²) in [4.78, 5) is 8.08. The highest BCUT2D eigenvalue weighted by Gasteiger charge is 2.00. The first kappa shape index (κ1) is 10.9. The van der Waals surface area contributed by atoms with Crippen LogP contribution in [-0.4, -0.2) is 16.6 Å². The van der Waals surface area contributed by atoms with Crippen LogP contribution in [0, 0.1) is 0 Å². The number of hydrogen-bond acceptors (Lipinski definition) is 5. The Hall–Kier alpha value is -0.120. The van der Waals surface area contributed by atoms with E-state index in [4.69, 9.17) is 10.00 Å². The topological polar surface area (TPSA) is 93.1 Å². The first-order chi connectivity index (χ1) is 5.16. The smallest absolute Gasteiger partial charge is 0.326 e. The maximum Gasteiger partial charge on any atom is 0.326 e. The van der Waals surface area contributed by atoms with Crippen molar-refractivity contribution in [2.75, 3.05) is 6.61 Å². The van der Waals surface area contributed by atoms with E-state index < -0.39 is 16.5 Å². The Kier molecular flexibility index (Phi) is 6.51. The minimum atomic E-state index is -3.20. The summed E-state index contributed by atoms with van der Waals surface area (Å²) in [6.07, 6.45) is 1.87. The molecule has 0 amide bonds. The minimum absolute atomic E-state index is 0.122. The fourth-order valence-corrected chi connectivity index (χ4v) is 1.30. The summed E-state index contributed by atoms with van der Waals surface area (Å²) in [5.74, 6) is 0. The lowest BCUT2D eigenvalue weighted by Crippen LogP contribution is -1.79. The third-order valence-corrected chi connectivity index (χ3v) is 2.34. The van der Waals surface area contributed by atoms with Crippen molar-refractivity contribution < 1.29 is 28.0 Å². The lowest BCUT2D eigenvalue weighted by Gasteiger charge is -1.97. The summed E-state index contributed by atoms with van der Waals surface area (Å²) in [7, 11) is -6.09. The van der Waals surface area contributed by atoms with Gasteiger partial charge in [-0.05, 0) is 6.08 Å². The maximum absolute atomic E-state index is 10.4. The Morgan fingerprint density at radius 2 is 2.09 bits per heavy atom. The van der Waals surface area contributed by atoms with Gasteiger partial charge in [0, 0.05) is 0 Å². The summed E-state index contributed by atoms with van der Waals surface area (Å²) in [5, 5.41) is 8.06. The van der Waals surface area contributed by atoms with Crippen LogP contribution >= 0.6 is 16.5 Å². The van der Waals surface area contributed by atoms with Crippen LogP contribution in [0.25, 0.3) is 0 Å². The normalized spacial score (nSPS) is 16.8. The molecule has 2 atom stereocenters. The summed E-state index contributed by atoms with van der Waals surface area (Å²) in [6.45, 7) is -0.122. The average molecular weight is 202 g/mol. The van der Waals surface area contributed by atoms with E-state index in [1.54, 1.807) is 0 Å². The van der Waals surface area contributed by atoms with Gasteiger partial charge in [0.25, 0.3) is 0 Å². The average Bonchev–Trinajstić information content (AvgIpc) is 1.86. The van der Waals surface area contributed by atoms with Gasteiger partial charge in [-0.3, -0.25) is 9.13 Å². The van der Waals surface area contributed by atoms with Gasteiger partial charge in [-0.25, -0.2) is 4.31 Å². The molecule has 0 aliphatic heterocycles. The standard InChI is InChI=1S/C3H8O6P2/c4-2-1-3-8-11(7)9-10(5)6/h1-2,4,10-11H,3H2,(H,5,6). The molecule has 2 unspecified atom stereocenters. The van der Waals surface area contributed by atoms with Crippen LogP contribution in [0.3, 0.4) is 0 Å². The molecular weight excluding hydrogens is 194 g/mol. The van der Waals surface area contributed by atoms with Gasteiger partial charge in [-0.2, -0.15) is 0 Å². The van der Waals surface area contributed by atoms with Crippen molar-refractivity contribution in [2.24, 2.45) is 0 Å². The zero-order chi connectivity index (χ0) is 8.69. The van der Waals surface area contributed by atoms with Crippen LogP contribution < -0.4 is 0 Å². The molecule has 0 aromatic rings. The van der Waals surface area contributed by atoms with E-state index in [1.807, 2.05) is 0 Å². The van der Waals surface area contributed by atoms with Crippen LogP contribution in [0.2, 0.25) is 0 Å². The highest BCUT2D eigenvalue weighted by molar-refractivity contribution is 7.47. The van der Waals surface area contributed by atoms with Gasteiger partial charge in [0.05, 0.1) is 12.9 Å². The Bertz CT molecular complexity index is 177. The van der Waals surface area contributed by atoms with E-state index in [9.17, 15) is 9.13 Å². The van der Waals surface area contributed by atoms with Crippen molar-refractivity contribution in [1.82, 2.24) is 0 Å². The quantitative estimate of drug-likeness (QED) is 0.507. The second-order valence-corrected chi connectivity index (χ2v) is 3.45. The lowest BCUT2D eigenvalue weighted by atomic mass is 10.7. The fraction of sp³-hybridized carbons (Fsp3) is 0.333. The molecule has 0 bridgehead atoms. The second-order valence-electron chi connectivity index (χ2n) is 1.31. The molecule has 6 nitrogen and oxygen atoms in total. The minimum Gasteiger partial charge on any atom is -0.516 e. The largest absolute Gasteiger partial charge is 0.516 e. The molecule has 66 valence electrons. The molecule has 0 aliphatic carbocycles. The van der Waals surface area contributed by atoms with E-state index in [1.165, 1.54) is 6.08 Å². The predicted molar refractivity (Wildman–Crippen MR) is 39.0 cm³/mol. The van der Waals surface area contributed by atoms with Crippen molar-refractivity contribution in [1.29, 1.82) is 0 Å². The van der Waals surface area contributed by atoms with Crippen LogP contribution in [-0.2, 0) is 18.0 Å². The Morgan fingerprint density at radius 1 is 1.45 bits per heavy atom. The van der Waals surface area contributed by atoms with Crippen LogP contribution in [0.4, 0.5) is 0 Å². The highest BCUT2D eigenvalue weighted by Crippen LogP contribution is 2.35. The molecule has 0 fully saturated rings. The lowest BCUT2D eigenvalue weighted by molar-refractivity contribution is 0.304. The van der Waals surface area contributed by atoms with Crippen molar-refractivity contribution in [3.8, 4) is 0 Å². The molecule has 0 saturated carbocycles. The predicted octanol–water partition coefficient (Wildman–Crippen LogP) is 0.863. The molecule has 0 radical (unpaired) electrons. The second kappa shape index (κ2) is 6.58. The summed E-state index contributed by atoms with van der Waals surface area (Å²) < 4.78 is 28.5. The monoisotopic (exact) mass is 202 g/mol. The van der Waals surface area contributed by atoms with Gasteiger partial charge in [0.15, 0.2) is 0 Å². The molecule has 11 heavy (non-hydrogen) atoms. The zero-order valence-corrected chi connectivity index (χ0v) is 7.39. The SMILES string of the molecule is O=[PH](O)O[PH](=O)OCC=CO. The van der Waals surface area contributed by atoms with Gasteiger partial charge in [0.1, 0.15) is 0 Å². The Morgan fingerprint density at radius 3 is 2.55 bits per heavy atom. The van der Waals surface area contributed by atoms with Crippen LogP contribution in [0.15, 0.2) is 12.3 Å². The fourth-order valence-electron chi connectivity index (χ4n) is 0.260. The van der Waals surface area contributed by atoms with Gasteiger partial charge < -0.3 is 14.5 Å². The number of aliphatic hydroxyl groups excluding tert-OH is 1. The Balaban J connectivity index is 3.45. The van der Waals surface area contributed by atoms with E-state index in [0.717, 1.165) is 0 Å². The Labute approximate surface area is 64.4 Å². The van der Waals surface area contributed by atoms with E-state index in [2.05, 4.69) is 8.83 Å². The summed E-state index contributed by atoms with van der Waals surface area (Å²) in [5.41, 5.74) is 0. The van der Waals surface area contributed by atoms with E-state index in [0.29, 0.717) is 6.26 Å². The third kappa shape index (κ3) is 7.78. The molecule has 0 spiro atoms. The van der Waals surface area contributed by atoms with E-state index >= 15 is 0 Å². The van der Waals surface area contributed by atoms with Crippen molar-refractivity contribution in [2.45, 2.75) is 0 Å². The first-order valence-corrected chi connectivity index (χ1v) is 5.02. The van der Waals surface area contributed by atoms with Gasteiger partial charge in [-0.1, -0.05) is 0 Å². The molecule has 0 heterocycles. The maximum atomic E-state index is 10.4. The summed E-state index contributed by atoms with van der Waals surface area (Å²) >= 11 is 0. The molecule has 8 heteroatoms. The summed E-state index contributed by atoms with van der Waals surface area (Å²) in [6, 6.07) is 0. The van der Waals surface area contributed by atoms with Crippen LogP contribution in [0.1, 0.15) is 0 Å². The van der Waals surface area contributed by atoms with Gasteiger partial charge >= 0.3 is 16.5 Å². The van der Waals surface area contributed by atoms with Crippen molar-refractivity contribution in [3.05, 3.63) is 12.3 Å². The van der Waals surface area contributed by atoms with Crippen LogP contribution in [0.5, 0.6) is 0 Å². The molecule has 0 rings (SSSR count). The molecule has 2 N–H and O–H groups in total. The first-order valence-electron chi connectivity index (χ1n) is 2.53. The molecular formula is C3H8O6P2. The number of hydrogen-bond donors (Lipinski definition) is 2. The molecule has 0 aromatic carbocycles. The number of aliphatic hydroxyl groups is 1. The molecule has 0 saturated heterocycles. The van der Waals surface area contributed by atoms with E-state index in [-0.39, 0.29) is 6.61 Å². The third-order valence-electron chi connectivity index (χ3n) is 0.573. The van der Waals surface area contributed by atoms with Crippen molar-refractivity contribution >= 4 is 16.5 Å². The van der Waals surface area contributed by atoms with Gasteiger partial charge in [-0.15, -0.1) is 0 Å².